The number of hydrogen-bond donors (Lipinski definition) is 2. The van der Waals surface area contributed by atoms with E-state index >= 15 is 0 Å². The van der Waals surface area contributed by atoms with Gasteiger partial charge in [0.05, 0.1) is 21.8 Å². The first-order valence-electron chi connectivity index (χ1n) is 13.2. The second kappa shape index (κ2) is 12.3. The first-order chi connectivity index (χ1) is 18.3. The van der Waals surface area contributed by atoms with Crippen LogP contribution < -0.4 is 14.9 Å². The van der Waals surface area contributed by atoms with Crippen molar-refractivity contribution in [3.8, 4) is 0 Å². The normalized spacial score (nSPS) is 14.1. The van der Waals surface area contributed by atoms with Gasteiger partial charge in [-0.05, 0) is 68.1 Å². The Labute approximate surface area is 225 Å². The molecule has 8 heteroatoms. The van der Waals surface area contributed by atoms with E-state index in [0.29, 0.717) is 16.9 Å². The smallest absolute Gasteiger partial charge is 0.264 e. The molecule has 0 saturated heterocycles. The minimum Gasteiger partial charge on any atom is -0.349 e. The van der Waals surface area contributed by atoms with Crippen molar-refractivity contribution >= 4 is 33.2 Å². The predicted molar refractivity (Wildman–Crippen MR) is 151 cm³/mol. The predicted octanol–water partition coefficient (Wildman–Crippen LogP) is 5.45. The van der Waals surface area contributed by atoms with Gasteiger partial charge in [0.15, 0.2) is 0 Å². The van der Waals surface area contributed by atoms with Crippen LogP contribution in [0.3, 0.4) is 0 Å². The Bertz CT molecular complexity index is 1360. The third-order valence-electron chi connectivity index (χ3n) is 6.91. The fraction of sp³-hybridized carbons (Fsp3) is 0.333. The largest absolute Gasteiger partial charge is 0.349 e. The van der Waals surface area contributed by atoms with Gasteiger partial charge in [-0.25, -0.2) is 8.42 Å². The van der Waals surface area contributed by atoms with Gasteiger partial charge >= 0.3 is 0 Å². The number of benzene rings is 3. The number of aryl methyl sites for hydroxylation is 2. The third-order valence-corrected chi connectivity index (χ3v) is 8.70. The maximum absolute atomic E-state index is 13.7. The van der Waals surface area contributed by atoms with Crippen molar-refractivity contribution in [1.82, 2.24) is 5.32 Å². The number of para-hydroxylation sites is 1. The summed E-state index contributed by atoms with van der Waals surface area (Å²) in [6, 6.07) is 20.6. The first kappa shape index (κ1) is 27.4. The van der Waals surface area contributed by atoms with E-state index in [2.05, 4.69) is 10.6 Å². The summed E-state index contributed by atoms with van der Waals surface area (Å²) in [5.41, 5.74) is 3.08. The number of amides is 2. The Morgan fingerprint density at radius 3 is 2.21 bits per heavy atom. The molecule has 2 amide bonds. The molecular weight excluding hydrogens is 498 g/mol. The summed E-state index contributed by atoms with van der Waals surface area (Å²) in [6.07, 6.45) is 6.07. The highest BCUT2D eigenvalue weighted by atomic mass is 32.2. The van der Waals surface area contributed by atoms with Crippen LogP contribution in [-0.2, 0) is 21.2 Å². The van der Waals surface area contributed by atoms with Gasteiger partial charge in [-0.3, -0.25) is 13.9 Å². The van der Waals surface area contributed by atoms with Gasteiger partial charge < -0.3 is 10.6 Å². The van der Waals surface area contributed by atoms with Crippen molar-refractivity contribution in [2.24, 2.45) is 0 Å². The minimum atomic E-state index is -4.03. The summed E-state index contributed by atoms with van der Waals surface area (Å²) < 4.78 is 28.4. The average Bonchev–Trinajstić information content (AvgIpc) is 2.93. The van der Waals surface area contributed by atoms with Gasteiger partial charge in [0, 0.05) is 6.04 Å². The standard InChI is InChI=1S/C30H35N3O4S/c1-3-23-15-17-25(18-16-23)33(38(36,37)26-19-13-22(2)14-20-26)21-29(34)32-28-12-8-7-11-27(28)30(35)31-24-9-5-4-6-10-24/h7-8,11-20,24H,3-6,9-10,21H2,1-2H3,(H,31,35)(H,32,34). The number of rotatable bonds is 9. The van der Waals surface area contributed by atoms with Gasteiger partial charge in [0.1, 0.15) is 6.54 Å². The lowest BCUT2D eigenvalue weighted by Crippen LogP contribution is -2.39. The van der Waals surface area contributed by atoms with E-state index in [1.807, 2.05) is 26.0 Å². The zero-order valence-corrected chi connectivity index (χ0v) is 22.8. The number of carbonyl (C=O) groups excluding carboxylic acids is 2. The Balaban J connectivity index is 1.58. The molecule has 3 aromatic rings. The van der Waals surface area contributed by atoms with Gasteiger partial charge in [0.2, 0.25) is 5.91 Å². The molecule has 3 aromatic carbocycles. The molecule has 0 aliphatic heterocycles. The third kappa shape index (κ3) is 6.61. The molecule has 0 radical (unpaired) electrons. The number of sulfonamides is 1. The molecule has 0 bridgehead atoms. The first-order valence-corrected chi connectivity index (χ1v) is 14.6. The van der Waals surface area contributed by atoms with Crippen molar-refractivity contribution in [3.05, 3.63) is 89.5 Å². The summed E-state index contributed by atoms with van der Waals surface area (Å²) in [6.45, 7) is 3.46. The van der Waals surface area contributed by atoms with Crippen LogP contribution in [0.25, 0.3) is 0 Å². The molecular formula is C30H35N3O4S. The van der Waals surface area contributed by atoms with Crippen molar-refractivity contribution in [2.45, 2.75) is 63.3 Å². The number of hydrogen-bond acceptors (Lipinski definition) is 4. The second-order valence-electron chi connectivity index (χ2n) is 9.75. The van der Waals surface area contributed by atoms with E-state index in [9.17, 15) is 18.0 Å². The molecule has 4 rings (SSSR count). The van der Waals surface area contributed by atoms with Crippen molar-refractivity contribution in [1.29, 1.82) is 0 Å². The summed E-state index contributed by atoms with van der Waals surface area (Å²) in [7, 11) is -4.03. The highest BCUT2D eigenvalue weighted by Crippen LogP contribution is 2.25. The van der Waals surface area contributed by atoms with Crippen LogP contribution in [0, 0.1) is 6.92 Å². The van der Waals surface area contributed by atoms with Crippen LogP contribution in [0.2, 0.25) is 0 Å². The molecule has 0 aromatic heterocycles. The highest BCUT2D eigenvalue weighted by molar-refractivity contribution is 7.92. The summed E-state index contributed by atoms with van der Waals surface area (Å²) >= 11 is 0. The van der Waals surface area contributed by atoms with E-state index in [4.69, 9.17) is 0 Å². The van der Waals surface area contributed by atoms with Crippen LogP contribution in [0.5, 0.6) is 0 Å². The molecule has 0 unspecified atom stereocenters. The molecule has 0 atom stereocenters. The number of anilines is 2. The van der Waals surface area contributed by atoms with Gasteiger partial charge in [0.25, 0.3) is 15.9 Å². The van der Waals surface area contributed by atoms with Crippen LogP contribution in [-0.4, -0.2) is 32.8 Å². The molecule has 0 spiro atoms. The maximum Gasteiger partial charge on any atom is 0.264 e. The fourth-order valence-electron chi connectivity index (χ4n) is 4.67. The molecule has 7 nitrogen and oxygen atoms in total. The van der Waals surface area contributed by atoms with Gasteiger partial charge in [-0.2, -0.15) is 0 Å². The van der Waals surface area contributed by atoms with Crippen LogP contribution in [0.1, 0.15) is 60.5 Å². The number of nitrogens with one attached hydrogen (secondary N) is 2. The van der Waals surface area contributed by atoms with Crippen LogP contribution >= 0.6 is 0 Å². The monoisotopic (exact) mass is 533 g/mol. The molecule has 200 valence electrons. The number of nitrogens with zero attached hydrogens (tertiary/aromatic N) is 1. The van der Waals surface area contributed by atoms with E-state index in [0.717, 1.165) is 47.5 Å². The summed E-state index contributed by atoms with van der Waals surface area (Å²) in [5, 5.41) is 5.86. The molecule has 1 aliphatic rings. The fourth-order valence-corrected chi connectivity index (χ4v) is 6.09. The topological polar surface area (TPSA) is 95.6 Å². The van der Waals surface area contributed by atoms with E-state index in [1.54, 1.807) is 60.7 Å². The Kier molecular flexibility index (Phi) is 8.84. The van der Waals surface area contributed by atoms with Gasteiger partial charge in [-0.15, -0.1) is 0 Å². The number of carbonyl (C=O) groups is 2. The van der Waals surface area contributed by atoms with E-state index < -0.39 is 22.5 Å². The highest BCUT2D eigenvalue weighted by Gasteiger charge is 2.28. The molecule has 2 N–H and O–H groups in total. The zero-order chi connectivity index (χ0) is 27.1. The van der Waals surface area contributed by atoms with Crippen molar-refractivity contribution < 1.29 is 18.0 Å². The SMILES string of the molecule is CCc1ccc(N(CC(=O)Nc2ccccc2C(=O)NC2CCCCC2)S(=O)(=O)c2ccc(C)cc2)cc1. The second-order valence-corrected chi connectivity index (χ2v) is 11.6. The maximum atomic E-state index is 13.7. The van der Waals surface area contributed by atoms with E-state index in [-0.39, 0.29) is 16.8 Å². The minimum absolute atomic E-state index is 0.0997. The Morgan fingerprint density at radius 2 is 1.55 bits per heavy atom. The summed E-state index contributed by atoms with van der Waals surface area (Å²) in [4.78, 5) is 26.4. The Hall–Kier alpha value is -3.65. The van der Waals surface area contributed by atoms with Crippen LogP contribution in [0.15, 0.2) is 77.7 Å². The molecule has 1 fully saturated rings. The van der Waals surface area contributed by atoms with Gasteiger partial charge in [-0.1, -0.05) is 68.1 Å². The lowest BCUT2D eigenvalue weighted by atomic mass is 9.95. The quantitative estimate of drug-likeness (QED) is 0.382. The molecule has 0 heterocycles. The molecule has 1 saturated carbocycles. The van der Waals surface area contributed by atoms with Crippen LogP contribution in [0.4, 0.5) is 11.4 Å². The molecule has 38 heavy (non-hydrogen) atoms. The summed E-state index contributed by atoms with van der Waals surface area (Å²) in [5.74, 6) is -0.787. The zero-order valence-electron chi connectivity index (χ0n) is 21.9. The average molecular weight is 534 g/mol. The van der Waals surface area contributed by atoms with E-state index in [1.165, 1.54) is 6.42 Å². The molecule has 1 aliphatic carbocycles. The van der Waals surface area contributed by atoms with Crippen molar-refractivity contribution in [3.63, 3.8) is 0 Å². The lowest BCUT2D eigenvalue weighted by Gasteiger charge is -2.25. The Morgan fingerprint density at radius 1 is 0.895 bits per heavy atom. The lowest BCUT2D eigenvalue weighted by molar-refractivity contribution is -0.114. The van der Waals surface area contributed by atoms with Crippen molar-refractivity contribution in [2.75, 3.05) is 16.2 Å².